The maximum absolute atomic E-state index is 6.83. The van der Waals surface area contributed by atoms with Crippen molar-refractivity contribution >= 4 is 93.9 Å². The van der Waals surface area contributed by atoms with Crippen molar-refractivity contribution in [2.75, 3.05) is 4.90 Å². The number of halogens is 1. The summed E-state index contributed by atoms with van der Waals surface area (Å²) in [4.78, 5) is 4.79. The second-order valence-corrected chi connectivity index (χ2v) is 18.3. The SMILES string of the molecule is Clc1ccc2c(c1)Sc1cc(N(c3cc(-c4ccccc4)c4c(c3)oc3ccccc34)c3ccc4sc5ccccc5c4c3)ccc1C21c2ccccc2-c2ccccc21. The van der Waals surface area contributed by atoms with Crippen molar-refractivity contribution in [3.05, 3.63) is 221 Å². The number of hydrogen-bond donors (Lipinski definition) is 0. The number of benzene rings is 9. The third-order valence-corrected chi connectivity index (χ3v) is 15.1. The Morgan fingerprint density at radius 3 is 1.88 bits per heavy atom. The van der Waals surface area contributed by atoms with Crippen molar-refractivity contribution in [3.8, 4) is 22.3 Å². The Morgan fingerprint density at radius 2 is 1.07 bits per heavy atom. The van der Waals surface area contributed by atoms with Gasteiger partial charge in [0.25, 0.3) is 0 Å². The zero-order chi connectivity index (χ0) is 39.5. The average Bonchev–Trinajstić information content (AvgIpc) is 3.95. The second-order valence-electron chi connectivity index (χ2n) is 15.7. The van der Waals surface area contributed by atoms with Crippen LogP contribution in [0.15, 0.2) is 208 Å². The van der Waals surface area contributed by atoms with Crippen LogP contribution in [0.5, 0.6) is 0 Å². The summed E-state index contributed by atoms with van der Waals surface area (Å²) >= 11 is 10.5. The predicted octanol–water partition coefficient (Wildman–Crippen LogP) is 16.6. The second kappa shape index (κ2) is 13.0. The van der Waals surface area contributed by atoms with E-state index in [-0.39, 0.29) is 0 Å². The fourth-order valence-electron chi connectivity index (χ4n) is 10.1. The fraction of sp³-hybridized carbons (Fsp3) is 0.0182. The summed E-state index contributed by atoms with van der Waals surface area (Å²) in [6.45, 7) is 0. The van der Waals surface area contributed by atoms with E-state index in [4.69, 9.17) is 16.0 Å². The topological polar surface area (TPSA) is 16.4 Å². The summed E-state index contributed by atoms with van der Waals surface area (Å²) in [5.41, 5.74) is 14.4. The van der Waals surface area contributed by atoms with Crippen molar-refractivity contribution < 1.29 is 4.42 Å². The maximum atomic E-state index is 6.83. The minimum absolute atomic E-state index is 0.501. The van der Waals surface area contributed by atoms with Crippen LogP contribution in [0.25, 0.3) is 64.4 Å². The molecule has 13 rings (SSSR count). The van der Waals surface area contributed by atoms with Gasteiger partial charge < -0.3 is 9.32 Å². The van der Waals surface area contributed by atoms with Crippen molar-refractivity contribution in [2.45, 2.75) is 15.2 Å². The number of furan rings is 1. The first kappa shape index (κ1) is 34.3. The summed E-state index contributed by atoms with van der Waals surface area (Å²) in [6.07, 6.45) is 0. The Balaban J connectivity index is 1.10. The van der Waals surface area contributed by atoms with Gasteiger partial charge in [0.05, 0.1) is 11.1 Å². The van der Waals surface area contributed by atoms with Crippen LogP contribution in [0.4, 0.5) is 17.1 Å². The van der Waals surface area contributed by atoms with E-state index < -0.39 is 5.41 Å². The molecule has 1 spiro atoms. The average molecular weight is 822 g/mol. The van der Waals surface area contributed by atoms with E-state index in [2.05, 4.69) is 193 Å². The minimum atomic E-state index is -0.501. The molecule has 0 unspecified atom stereocenters. The molecule has 0 atom stereocenters. The predicted molar refractivity (Wildman–Crippen MR) is 253 cm³/mol. The smallest absolute Gasteiger partial charge is 0.138 e. The van der Waals surface area contributed by atoms with Gasteiger partial charge in [-0.3, -0.25) is 0 Å². The Kier molecular flexibility index (Phi) is 7.42. The Bertz CT molecular complexity index is 3520. The molecule has 1 aliphatic heterocycles. The van der Waals surface area contributed by atoms with Gasteiger partial charge in [0, 0.05) is 63.2 Å². The molecule has 3 heterocycles. The molecular weight excluding hydrogens is 790 g/mol. The first-order valence-electron chi connectivity index (χ1n) is 20.2. The molecule has 0 radical (unpaired) electrons. The summed E-state index contributed by atoms with van der Waals surface area (Å²) in [5.74, 6) is 0. The number of nitrogens with zero attached hydrogens (tertiary/aromatic N) is 1. The molecule has 0 saturated heterocycles. The number of thiophene rings is 1. The highest BCUT2D eigenvalue weighted by atomic mass is 35.5. The van der Waals surface area contributed by atoms with E-state index in [9.17, 15) is 0 Å². The molecule has 2 aromatic heterocycles. The molecule has 11 aromatic rings. The van der Waals surface area contributed by atoms with Crippen molar-refractivity contribution in [2.24, 2.45) is 0 Å². The molecule has 60 heavy (non-hydrogen) atoms. The monoisotopic (exact) mass is 821 g/mol. The molecule has 0 fully saturated rings. The van der Waals surface area contributed by atoms with Gasteiger partial charge in [-0.1, -0.05) is 151 Å². The third kappa shape index (κ3) is 4.84. The molecule has 9 aromatic carbocycles. The standard InChI is InChI=1S/C55H32ClNOS2/c56-34-22-25-46-52(28-34)60-53-32-36(23-26-47(53)55(46)44-18-8-4-14-38(44)39-15-5-9-19-45(39)55)57(35-24-27-51-43(29-35)40-16-7-11-21-50(40)59-51)37-30-42(33-12-2-1-3-13-33)54-41-17-6-10-20-48(41)58-49(54)31-37/h1-32H. The van der Waals surface area contributed by atoms with Gasteiger partial charge in [0.1, 0.15) is 11.2 Å². The first-order chi connectivity index (χ1) is 29.6. The molecule has 2 nitrogen and oxygen atoms in total. The number of para-hydroxylation sites is 1. The molecule has 0 saturated carbocycles. The fourth-order valence-corrected chi connectivity index (χ4v) is 12.7. The lowest BCUT2D eigenvalue weighted by molar-refractivity contribution is 0.669. The molecule has 0 N–H and O–H groups in total. The van der Waals surface area contributed by atoms with E-state index in [1.54, 1.807) is 0 Å². The lowest BCUT2D eigenvalue weighted by atomic mass is 9.67. The summed E-state index contributed by atoms with van der Waals surface area (Å²) in [5, 5.41) is 5.49. The minimum Gasteiger partial charge on any atom is -0.456 e. The number of anilines is 3. The van der Waals surface area contributed by atoms with E-state index in [0.29, 0.717) is 0 Å². The van der Waals surface area contributed by atoms with E-state index in [1.165, 1.54) is 63.3 Å². The molecule has 2 aliphatic rings. The van der Waals surface area contributed by atoms with Crippen LogP contribution >= 0.6 is 34.7 Å². The van der Waals surface area contributed by atoms with Gasteiger partial charge in [0.2, 0.25) is 0 Å². The summed E-state index contributed by atoms with van der Waals surface area (Å²) in [6, 6.07) is 70.8. The van der Waals surface area contributed by atoms with Gasteiger partial charge in [0.15, 0.2) is 0 Å². The van der Waals surface area contributed by atoms with Gasteiger partial charge in [-0.2, -0.15) is 0 Å². The maximum Gasteiger partial charge on any atom is 0.138 e. The normalized spacial score (nSPS) is 13.5. The van der Waals surface area contributed by atoms with Gasteiger partial charge in [-0.05, 0) is 105 Å². The Morgan fingerprint density at radius 1 is 0.433 bits per heavy atom. The summed E-state index contributed by atoms with van der Waals surface area (Å²) in [7, 11) is 0. The highest BCUT2D eigenvalue weighted by Gasteiger charge is 2.50. The largest absolute Gasteiger partial charge is 0.456 e. The van der Waals surface area contributed by atoms with E-state index in [0.717, 1.165) is 55.2 Å². The number of hydrogen-bond acceptors (Lipinski definition) is 4. The van der Waals surface area contributed by atoms with Crippen molar-refractivity contribution in [1.82, 2.24) is 0 Å². The van der Waals surface area contributed by atoms with Crippen molar-refractivity contribution in [1.29, 1.82) is 0 Å². The number of rotatable bonds is 4. The lowest BCUT2D eigenvalue weighted by Gasteiger charge is -2.40. The quantitative estimate of drug-likeness (QED) is 0.176. The first-order valence-corrected chi connectivity index (χ1v) is 22.2. The lowest BCUT2D eigenvalue weighted by Crippen LogP contribution is -2.32. The third-order valence-electron chi connectivity index (χ3n) is 12.6. The highest BCUT2D eigenvalue weighted by Crippen LogP contribution is 2.63. The highest BCUT2D eigenvalue weighted by molar-refractivity contribution is 7.99. The van der Waals surface area contributed by atoms with Gasteiger partial charge in [-0.25, -0.2) is 0 Å². The zero-order valence-corrected chi connectivity index (χ0v) is 34.4. The molecule has 0 bridgehead atoms. The van der Waals surface area contributed by atoms with Crippen LogP contribution in [0.1, 0.15) is 22.3 Å². The van der Waals surface area contributed by atoms with Crippen LogP contribution in [-0.4, -0.2) is 0 Å². The number of fused-ring (bicyclic) bond motifs is 15. The van der Waals surface area contributed by atoms with Gasteiger partial charge in [-0.15, -0.1) is 11.3 Å². The van der Waals surface area contributed by atoms with Gasteiger partial charge >= 0.3 is 0 Å². The molecular formula is C55H32ClNOS2. The molecule has 1 aliphatic carbocycles. The summed E-state index contributed by atoms with van der Waals surface area (Å²) < 4.78 is 9.28. The van der Waals surface area contributed by atoms with Crippen LogP contribution in [0, 0.1) is 0 Å². The van der Waals surface area contributed by atoms with Crippen LogP contribution in [0.3, 0.4) is 0 Å². The van der Waals surface area contributed by atoms with Crippen LogP contribution in [-0.2, 0) is 5.41 Å². The van der Waals surface area contributed by atoms with E-state index in [1.807, 2.05) is 29.2 Å². The molecule has 282 valence electrons. The van der Waals surface area contributed by atoms with E-state index >= 15 is 0 Å². The molecule has 5 heteroatoms. The zero-order valence-electron chi connectivity index (χ0n) is 32.0. The Hall–Kier alpha value is -6.56. The van der Waals surface area contributed by atoms with Crippen molar-refractivity contribution in [3.63, 3.8) is 0 Å². The van der Waals surface area contributed by atoms with Crippen LogP contribution in [0.2, 0.25) is 5.02 Å². The van der Waals surface area contributed by atoms with Crippen LogP contribution < -0.4 is 4.90 Å². The molecule has 0 amide bonds. The Labute approximate surface area is 359 Å².